The van der Waals surface area contributed by atoms with Crippen molar-refractivity contribution in [2.45, 2.75) is 25.6 Å². The number of hydrogen-bond acceptors (Lipinski definition) is 5. The molecule has 21 heavy (non-hydrogen) atoms. The van der Waals surface area contributed by atoms with Crippen LogP contribution >= 0.6 is 0 Å². The number of carbonyl (C=O) groups excluding carboxylic acids is 1. The molecule has 0 fully saturated rings. The molecule has 1 aromatic heterocycles. The zero-order chi connectivity index (χ0) is 14.7. The third-order valence-corrected chi connectivity index (χ3v) is 3.39. The molecule has 1 aliphatic rings. The van der Waals surface area contributed by atoms with E-state index in [0.29, 0.717) is 18.8 Å². The summed E-state index contributed by atoms with van der Waals surface area (Å²) in [5.74, 6) is 0.727. The van der Waals surface area contributed by atoms with Gasteiger partial charge in [-0.2, -0.15) is 0 Å². The molecule has 1 amide bonds. The van der Waals surface area contributed by atoms with Crippen LogP contribution in [0.4, 0.5) is 0 Å². The van der Waals surface area contributed by atoms with Crippen molar-refractivity contribution in [1.82, 2.24) is 20.3 Å². The number of nitrogens with zero attached hydrogens (tertiary/aromatic N) is 3. The van der Waals surface area contributed by atoms with Gasteiger partial charge in [-0.15, -0.1) is 5.10 Å². The molecule has 1 atom stereocenters. The van der Waals surface area contributed by atoms with Crippen LogP contribution in [0.5, 0.6) is 5.75 Å². The van der Waals surface area contributed by atoms with Gasteiger partial charge < -0.3 is 15.8 Å². The number of amides is 1. The van der Waals surface area contributed by atoms with Gasteiger partial charge in [-0.1, -0.05) is 23.4 Å². The maximum atomic E-state index is 12.1. The van der Waals surface area contributed by atoms with E-state index in [-0.39, 0.29) is 18.5 Å². The number of fused-ring (bicyclic) bond motifs is 1. The molecule has 3 N–H and O–H groups in total. The normalized spacial score (nSPS) is 16.9. The van der Waals surface area contributed by atoms with Gasteiger partial charge in [-0.3, -0.25) is 4.79 Å². The predicted octanol–water partition coefficient (Wildman–Crippen LogP) is 0.377. The molecular formula is C14H17N5O2. The van der Waals surface area contributed by atoms with E-state index in [9.17, 15) is 4.79 Å². The first kappa shape index (κ1) is 13.6. The molecule has 2 aromatic rings. The topological polar surface area (TPSA) is 95.1 Å². The quantitative estimate of drug-likeness (QED) is 0.847. The number of hydrogen-bond donors (Lipinski definition) is 2. The van der Waals surface area contributed by atoms with Crippen LogP contribution in [0.3, 0.4) is 0 Å². The number of nitrogens with two attached hydrogens (primary N) is 1. The van der Waals surface area contributed by atoms with Crippen LogP contribution in [0.2, 0.25) is 0 Å². The van der Waals surface area contributed by atoms with Gasteiger partial charge in [0.05, 0.1) is 24.5 Å². The average Bonchev–Trinajstić information content (AvgIpc) is 2.95. The van der Waals surface area contributed by atoms with Gasteiger partial charge >= 0.3 is 0 Å². The molecular weight excluding hydrogens is 270 g/mol. The van der Waals surface area contributed by atoms with Crippen molar-refractivity contribution >= 4 is 5.91 Å². The van der Waals surface area contributed by atoms with Crippen molar-refractivity contribution in [3.63, 3.8) is 0 Å². The van der Waals surface area contributed by atoms with E-state index in [1.165, 1.54) is 4.68 Å². The molecule has 7 nitrogen and oxygen atoms in total. The van der Waals surface area contributed by atoms with E-state index in [1.807, 2.05) is 24.3 Å². The first-order chi connectivity index (χ1) is 10.3. The molecule has 3 rings (SSSR count). The summed E-state index contributed by atoms with van der Waals surface area (Å²) in [4.78, 5) is 12.1. The third kappa shape index (κ3) is 3.03. The van der Waals surface area contributed by atoms with E-state index in [0.717, 1.165) is 17.7 Å². The zero-order valence-corrected chi connectivity index (χ0v) is 11.5. The van der Waals surface area contributed by atoms with Crippen molar-refractivity contribution in [3.05, 3.63) is 41.7 Å². The minimum atomic E-state index is -0.106. The highest BCUT2D eigenvalue weighted by Crippen LogP contribution is 2.31. The predicted molar refractivity (Wildman–Crippen MR) is 75.4 cm³/mol. The largest absolute Gasteiger partial charge is 0.493 e. The number of rotatable bonds is 4. The molecule has 1 unspecified atom stereocenters. The fourth-order valence-electron chi connectivity index (χ4n) is 2.39. The van der Waals surface area contributed by atoms with E-state index in [2.05, 4.69) is 15.6 Å². The molecule has 1 aliphatic heterocycles. The average molecular weight is 287 g/mol. The summed E-state index contributed by atoms with van der Waals surface area (Å²) in [5, 5.41) is 10.7. The van der Waals surface area contributed by atoms with Gasteiger partial charge in [-0.25, -0.2) is 4.68 Å². The lowest BCUT2D eigenvalue weighted by Crippen LogP contribution is -2.34. The minimum absolute atomic E-state index is 0.0278. The number of ether oxygens (including phenoxy) is 1. The Hall–Kier alpha value is -2.41. The van der Waals surface area contributed by atoms with Crippen LogP contribution in [-0.4, -0.2) is 27.5 Å². The van der Waals surface area contributed by atoms with Gasteiger partial charge in [0.2, 0.25) is 5.91 Å². The van der Waals surface area contributed by atoms with Crippen LogP contribution in [0.1, 0.15) is 23.7 Å². The first-order valence-electron chi connectivity index (χ1n) is 6.86. The Kier molecular flexibility index (Phi) is 3.83. The summed E-state index contributed by atoms with van der Waals surface area (Å²) in [6, 6.07) is 7.73. The van der Waals surface area contributed by atoms with E-state index >= 15 is 0 Å². The van der Waals surface area contributed by atoms with Gasteiger partial charge in [-0.05, 0) is 6.07 Å². The second-order valence-electron chi connectivity index (χ2n) is 4.91. The van der Waals surface area contributed by atoms with Crippen LogP contribution in [0.15, 0.2) is 30.5 Å². The molecule has 1 aromatic carbocycles. The molecule has 7 heteroatoms. The molecule has 110 valence electrons. The molecule has 0 aliphatic carbocycles. The second-order valence-corrected chi connectivity index (χ2v) is 4.91. The number of nitrogens with one attached hydrogen (secondary N) is 1. The van der Waals surface area contributed by atoms with E-state index < -0.39 is 0 Å². The summed E-state index contributed by atoms with van der Waals surface area (Å²) in [6.07, 6.45) is 2.44. The number of carbonyl (C=O) groups is 1. The van der Waals surface area contributed by atoms with Crippen molar-refractivity contribution in [3.8, 4) is 5.75 Å². The Labute approximate surface area is 122 Å². The standard InChI is InChI=1S/C14H17N5O2/c15-7-10-8-19(18-17-10)9-14(20)16-12-5-6-21-13-4-2-1-3-11(12)13/h1-4,8,12H,5-7,9,15H2,(H,16,20). The molecule has 0 bridgehead atoms. The lowest BCUT2D eigenvalue weighted by atomic mass is 10.0. The minimum Gasteiger partial charge on any atom is -0.493 e. The lowest BCUT2D eigenvalue weighted by molar-refractivity contribution is -0.122. The summed E-state index contributed by atoms with van der Waals surface area (Å²) < 4.78 is 7.07. The number of aromatic nitrogens is 3. The summed E-state index contributed by atoms with van der Waals surface area (Å²) in [7, 11) is 0. The highest BCUT2D eigenvalue weighted by molar-refractivity contribution is 5.76. The SMILES string of the molecule is NCc1cn(CC(=O)NC2CCOc3ccccc32)nn1. The fourth-order valence-corrected chi connectivity index (χ4v) is 2.39. The van der Waals surface area contributed by atoms with Crippen LogP contribution < -0.4 is 15.8 Å². The van der Waals surface area contributed by atoms with Crippen molar-refractivity contribution in [2.75, 3.05) is 6.61 Å². The van der Waals surface area contributed by atoms with Crippen molar-refractivity contribution in [1.29, 1.82) is 0 Å². The fraction of sp³-hybridized carbons (Fsp3) is 0.357. The first-order valence-corrected chi connectivity index (χ1v) is 6.86. The Balaban J connectivity index is 1.65. The summed E-state index contributed by atoms with van der Waals surface area (Å²) >= 11 is 0. The van der Waals surface area contributed by atoms with Gasteiger partial charge in [0, 0.05) is 18.5 Å². The van der Waals surface area contributed by atoms with E-state index in [4.69, 9.17) is 10.5 Å². The zero-order valence-electron chi connectivity index (χ0n) is 11.5. The number of para-hydroxylation sites is 1. The van der Waals surface area contributed by atoms with Crippen LogP contribution in [0.25, 0.3) is 0 Å². The highest BCUT2D eigenvalue weighted by Gasteiger charge is 2.22. The Morgan fingerprint density at radius 3 is 3.14 bits per heavy atom. The Bertz CT molecular complexity index is 640. The monoisotopic (exact) mass is 287 g/mol. The van der Waals surface area contributed by atoms with Gasteiger partial charge in [0.15, 0.2) is 0 Å². The maximum Gasteiger partial charge on any atom is 0.242 e. The van der Waals surface area contributed by atoms with Gasteiger partial charge in [0.25, 0.3) is 0 Å². The number of benzene rings is 1. The molecule has 0 radical (unpaired) electrons. The third-order valence-electron chi connectivity index (χ3n) is 3.39. The lowest BCUT2D eigenvalue weighted by Gasteiger charge is -2.26. The molecule has 0 saturated heterocycles. The molecule has 2 heterocycles. The highest BCUT2D eigenvalue weighted by atomic mass is 16.5. The van der Waals surface area contributed by atoms with E-state index in [1.54, 1.807) is 6.20 Å². The van der Waals surface area contributed by atoms with Gasteiger partial charge in [0.1, 0.15) is 12.3 Å². The second kappa shape index (κ2) is 5.92. The smallest absolute Gasteiger partial charge is 0.242 e. The van der Waals surface area contributed by atoms with Crippen molar-refractivity contribution in [2.24, 2.45) is 5.73 Å². The molecule has 0 saturated carbocycles. The summed E-state index contributed by atoms with van der Waals surface area (Å²) in [5.41, 5.74) is 7.14. The molecule has 0 spiro atoms. The van der Waals surface area contributed by atoms with Crippen molar-refractivity contribution < 1.29 is 9.53 Å². The van der Waals surface area contributed by atoms with Crippen LogP contribution in [-0.2, 0) is 17.9 Å². The maximum absolute atomic E-state index is 12.1. The van der Waals surface area contributed by atoms with Crippen LogP contribution in [0, 0.1) is 0 Å². The Morgan fingerprint density at radius 2 is 2.33 bits per heavy atom. The summed E-state index contributed by atoms with van der Waals surface area (Å²) in [6.45, 7) is 1.05. The Morgan fingerprint density at radius 1 is 1.48 bits per heavy atom.